The molecule has 2 heterocycles. The molecule has 0 fully saturated rings. The average Bonchev–Trinajstić information content (AvgIpc) is 3.08. The minimum absolute atomic E-state index is 0.277. The zero-order chi connectivity index (χ0) is 17.0. The first-order valence-electron chi connectivity index (χ1n) is 7.84. The van der Waals surface area contributed by atoms with Gasteiger partial charge in [0.2, 0.25) is 5.89 Å². The molecule has 23 heavy (non-hydrogen) atoms. The van der Waals surface area contributed by atoms with Crippen LogP contribution in [0.1, 0.15) is 55.5 Å². The van der Waals surface area contributed by atoms with E-state index < -0.39 is 0 Å². The van der Waals surface area contributed by atoms with Crippen molar-refractivity contribution in [1.29, 1.82) is 0 Å². The van der Waals surface area contributed by atoms with E-state index in [1.54, 1.807) is 13.8 Å². The summed E-state index contributed by atoms with van der Waals surface area (Å²) >= 11 is 0. The van der Waals surface area contributed by atoms with E-state index in [1.807, 2.05) is 11.7 Å². The van der Waals surface area contributed by atoms with Gasteiger partial charge in [-0.15, -0.1) is 0 Å². The van der Waals surface area contributed by atoms with Crippen LogP contribution in [0.2, 0.25) is 0 Å². The number of hydrogen-bond donors (Lipinski definition) is 2. The smallest absolute Gasteiger partial charge is 0.315 e. The van der Waals surface area contributed by atoms with Crippen molar-refractivity contribution < 1.29 is 9.32 Å². The predicted octanol–water partition coefficient (Wildman–Crippen LogP) is 1.80. The van der Waals surface area contributed by atoms with E-state index in [9.17, 15) is 4.79 Å². The Labute approximate surface area is 135 Å². The third-order valence-corrected chi connectivity index (χ3v) is 3.71. The van der Waals surface area contributed by atoms with Crippen molar-refractivity contribution in [3.05, 3.63) is 28.7 Å². The van der Waals surface area contributed by atoms with Gasteiger partial charge in [0.15, 0.2) is 5.82 Å². The highest BCUT2D eigenvalue weighted by molar-refractivity contribution is 5.74. The lowest BCUT2D eigenvalue weighted by molar-refractivity contribution is 0.233. The number of carbonyl (C=O) groups excluding carboxylic acids is 1. The zero-order valence-electron chi connectivity index (χ0n) is 14.3. The summed E-state index contributed by atoms with van der Waals surface area (Å²) in [5.41, 5.74) is 3.25. The van der Waals surface area contributed by atoms with Crippen molar-refractivity contribution in [2.45, 2.75) is 53.1 Å². The Balaban J connectivity index is 1.97. The molecule has 0 bridgehead atoms. The SMILES string of the molecule is CCc1nn(C)c(CC)c1CNC(=O)N[C@@H](C)c1nc(C)no1. The maximum atomic E-state index is 12.1. The van der Waals surface area contributed by atoms with E-state index in [-0.39, 0.29) is 12.1 Å². The van der Waals surface area contributed by atoms with Crippen molar-refractivity contribution in [3.63, 3.8) is 0 Å². The third kappa shape index (κ3) is 3.88. The van der Waals surface area contributed by atoms with Crippen molar-refractivity contribution in [1.82, 2.24) is 30.6 Å². The fourth-order valence-electron chi connectivity index (χ4n) is 2.56. The molecule has 0 aromatic carbocycles. The number of amides is 2. The number of aromatic nitrogens is 4. The van der Waals surface area contributed by atoms with Gasteiger partial charge in [0.05, 0.1) is 5.69 Å². The van der Waals surface area contributed by atoms with E-state index >= 15 is 0 Å². The Hall–Kier alpha value is -2.38. The number of aryl methyl sites for hydroxylation is 3. The maximum absolute atomic E-state index is 12.1. The third-order valence-electron chi connectivity index (χ3n) is 3.71. The Morgan fingerprint density at radius 1 is 1.35 bits per heavy atom. The van der Waals surface area contributed by atoms with Gasteiger partial charge in [-0.25, -0.2) is 4.79 Å². The van der Waals surface area contributed by atoms with Gasteiger partial charge in [-0.05, 0) is 26.7 Å². The monoisotopic (exact) mass is 320 g/mol. The Morgan fingerprint density at radius 3 is 2.65 bits per heavy atom. The number of rotatable bonds is 6. The Morgan fingerprint density at radius 2 is 2.09 bits per heavy atom. The van der Waals surface area contributed by atoms with Gasteiger partial charge in [-0.2, -0.15) is 10.1 Å². The molecule has 0 unspecified atom stereocenters. The molecule has 2 N–H and O–H groups in total. The van der Waals surface area contributed by atoms with Crippen molar-refractivity contribution in [3.8, 4) is 0 Å². The van der Waals surface area contributed by atoms with Crippen molar-refractivity contribution in [2.24, 2.45) is 7.05 Å². The average molecular weight is 320 g/mol. The minimum atomic E-state index is -0.346. The second-order valence-corrected chi connectivity index (χ2v) is 5.43. The number of hydrogen-bond acceptors (Lipinski definition) is 5. The van der Waals surface area contributed by atoms with Crippen LogP contribution in [0, 0.1) is 6.92 Å². The van der Waals surface area contributed by atoms with Crippen molar-refractivity contribution in [2.75, 3.05) is 0 Å². The van der Waals surface area contributed by atoms with Crippen LogP contribution < -0.4 is 10.6 Å². The summed E-state index contributed by atoms with van der Waals surface area (Å²) < 4.78 is 6.94. The van der Waals surface area contributed by atoms with Gasteiger partial charge in [0, 0.05) is 24.8 Å². The first kappa shape index (κ1) is 17.0. The summed E-state index contributed by atoms with van der Waals surface area (Å²) in [6, 6.07) is -0.622. The highest BCUT2D eigenvalue weighted by Crippen LogP contribution is 2.15. The lowest BCUT2D eigenvalue weighted by Gasteiger charge is -2.12. The Kier molecular flexibility index (Phi) is 5.36. The molecular formula is C15H24N6O2. The second-order valence-electron chi connectivity index (χ2n) is 5.43. The molecule has 0 radical (unpaired) electrons. The molecule has 2 aromatic heterocycles. The molecule has 0 saturated heterocycles. The molecule has 0 aliphatic heterocycles. The molecule has 0 aliphatic rings. The largest absolute Gasteiger partial charge is 0.337 e. The molecule has 0 aliphatic carbocycles. The summed E-state index contributed by atoms with van der Waals surface area (Å²) in [4.78, 5) is 16.2. The molecular weight excluding hydrogens is 296 g/mol. The molecule has 2 rings (SSSR count). The van der Waals surface area contributed by atoms with Crippen LogP contribution in [0.4, 0.5) is 4.79 Å². The van der Waals surface area contributed by atoms with Gasteiger partial charge in [-0.1, -0.05) is 19.0 Å². The molecule has 126 valence electrons. The minimum Gasteiger partial charge on any atom is -0.337 e. The maximum Gasteiger partial charge on any atom is 0.315 e. The van der Waals surface area contributed by atoms with Crippen LogP contribution in [0.25, 0.3) is 0 Å². The number of carbonyl (C=O) groups is 1. The molecule has 8 heteroatoms. The highest BCUT2D eigenvalue weighted by atomic mass is 16.5. The fraction of sp³-hybridized carbons (Fsp3) is 0.600. The van der Waals surface area contributed by atoms with Gasteiger partial charge >= 0.3 is 6.03 Å². The van der Waals surface area contributed by atoms with Crippen LogP contribution in [0.15, 0.2) is 4.52 Å². The first-order chi connectivity index (χ1) is 11.0. The fourth-order valence-corrected chi connectivity index (χ4v) is 2.56. The van der Waals surface area contributed by atoms with E-state index in [4.69, 9.17) is 4.52 Å². The summed E-state index contributed by atoms with van der Waals surface area (Å²) in [7, 11) is 1.93. The molecule has 1 atom stereocenters. The van der Waals surface area contributed by atoms with E-state index in [0.717, 1.165) is 29.8 Å². The number of nitrogens with one attached hydrogen (secondary N) is 2. The molecule has 8 nitrogen and oxygen atoms in total. The summed E-state index contributed by atoms with van der Waals surface area (Å²) in [5.74, 6) is 0.937. The highest BCUT2D eigenvalue weighted by Gasteiger charge is 2.17. The van der Waals surface area contributed by atoms with Crippen molar-refractivity contribution >= 4 is 6.03 Å². The Bertz CT molecular complexity index is 676. The summed E-state index contributed by atoms with van der Waals surface area (Å²) in [6.07, 6.45) is 1.71. The summed E-state index contributed by atoms with van der Waals surface area (Å²) in [5, 5.41) is 13.9. The standard InChI is InChI=1S/C15H24N6O2/c1-6-12-11(13(7-2)21(5)19-12)8-16-15(22)17-9(3)14-18-10(4)20-23-14/h9H,6-8H2,1-5H3,(H2,16,17,22)/t9-/m0/s1. The van der Waals surface area contributed by atoms with Crippen LogP contribution >= 0.6 is 0 Å². The van der Waals surface area contributed by atoms with Crippen LogP contribution in [-0.4, -0.2) is 26.0 Å². The quantitative estimate of drug-likeness (QED) is 0.845. The summed E-state index contributed by atoms with van der Waals surface area (Å²) in [6.45, 7) is 8.12. The van der Waals surface area contributed by atoms with Gasteiger partial charge in [-0.3, -0.25) is 4.68 Å². The topological polar surface area (TPSA) is 97.9 Å². The molecule has 2 amide bonds. The van der Waals surface area contributed by atoms with E-state index in [1.165, 1.54) is 0 Å². The van der Waals surface area contributed by atoms with E-state index in [2.05, 4.69) is 39.7 Å². The lowest BCUT2D eigenvalue weighted by atomic mass is 10.1. The van der Waals surface area contributed by atoms with Crippen LogP contribution in [0.3, 0.4) is 0 Å². The predicted molar refractivity (Wildman–Crippen MR) is 84.8 cm³/mol. The van der Waals surface area contributed by atoms with Gasteiger partial charge in [0.1, 0.15) is 6.04 Å². The first-order valence-corrected chi connectivity index (χ1v) is 7.84. The van der Waals surface area contributed by atoms with E-state index in [0.29, 0.717) is 18.3 Å². The lowest BCUT2D eigenvalue weighted by Crippen LogP contribution is -2.37. The number of urea groups is 1. The van der Waals surface area contributed by atoms with Gasteiger partial charge < -0.3 is 15.2 Å². The van der Waals surface area contributed by atoms with Gasteiger partial charge in [0.25, 0.3) is 0 Å². The van der Waals surface area contributed by atoms with Crippen LogP contribution in [0.5, 0.6) is 0 Å². The molecule has 0 saturated carbocycles. The molecule has 0 spiro atoms. The number of nitrogens with zero attached hydrogens (tertiary/aromatic N) is 4. The van der Waals surface area contributed by atoms with Crippen LogP contribution in [-0.2, 0) is 26.4 Å². The second kappa shape index (κ2) is 7.26. The zero-order valence-corrected chi connectivity index (χ0v) is 14.3. The normalized spacial score (nSPS) is 12.2. The molecule has 2 aromatic rings.